The third-order valence-electron chi connectivity index (χ3n) is 5.35. The molecule has 2 aliphatic rings. The van der Waals surface area contributed by atoms with E-state index in [0.29, 0.717) is 5.92 Å². The lowest BCUT2D eigenvalue weighted by molar-refractivity contribution is 0.441. The largest absolute Gasteiger partial charge is 0.372 e. The van der Waals surface area contributed by atoms with Crippen molar-refractivity contribution in [2.45, 2.75) is 39.0 Å². The van der Waals surface area contributed by atoms with Crippen molar-refractivity contribution in [3.8, 4) is 0 Å². The zero-order valence-corrected chi connectivity index (χ0v) is 15.6. The number of aromatic nitrogens is 3. The Bertz CT molecular complexity index is 710. The molecule has 2 aliphatic heterocycles. The molecule has 0 saturated carbocycles. The van der Waals surface area contributed by atoms with Gasteiger partial charge in [-0.2, -0.15) is 10.1 Å². The van der Waals surface area contributed by atoms with Crippen LogP contribution in [0.1, 0.15) is 39.0 Å². The number of piperidine rings is 2. The van der Waals surface area contributed by atoms with Gasteiger partial charge in [0.25, 0.3) is 0 Å². The van der Waals surface area contributed by atoms with E-state index in [-0.39, 0.29) is 0 Å². The number of rotatable bonds is 4. The van der Waals surface area contributed by atoms with Gasteiger partial charge >= 0.3 is 0 Å². The summed E-state index contributed by atoms with van der Waals surface area (Å²) in [6.07, 6.45) is 8.12. The van der Waals surface area contributed by atoms with Crippen LogP contribution >= 0.6 is 0 Å². The number of nitrogens with one attached hydrogen (secondary N) is 1. The lowest BCUT2D eigenvalue weighted by atomic mass is 10.0. The summed E-state index contributed by atoms with van der Waals surface area (Å²) in [7, 11) is 0. The van der Waals surface area contributed by atoms with Crippen molar-refractivity contribution in [1.82, 2.24) is 15.2 Å². The van der Waals surface area contributed by atoms with Crippen molar-refractivity contribution in [2.75, 3.05) is 41.3 Å². The molecule has 2 fully saturated rings. The number of benzene rings is 1. The minimum absolute atomic E-state index is 0.686. The van der Waals surface area contributed by atoms with Crippen molar-refractivity contribution in [3.05, 3.63) is 30.5 Å². The van der Waals surface area contributed by atoms with E-state index in [0.717, 1.165) is 30.5 Å². The van der Waals surface area contributed by atoms with Gasteiger partial charge in [-0.3, -0.25) is 0 Å². The molecule has 1 atom stereocenters. The van der Waals surface area contributed by atoms with E-state index in [1.54, 1.807) is 6.20 Å². The van der Waals surface area contributed by atoms with Crippen molar-refractivity contribution < 1.29 is 0 Å². The molecular weight excluding hydrogens is 324 g/mol. The van der Waals surface area contributed by atoms with Gasteiger partial charge in [-0.25, -0.2) is 0 Å². The average molecular weight is 352 g/mol. The highest BCUT2D eigenvalue weighted by atomic mass is 15.3. The van der Waals surface area contributed by atoms with Gasteiger partial charge in [0.05, 0.1) is 6.20 Å². The summed E-state index contributed by atoms with van der Waals surface area (Å²) in [6.45, 7) is 6.64. The Hall–Kier alpha value is -2.37. The van der Waals surface area contributed by atoms with Crippen LogP contribution in [0, 0.1) is 5.92 Å². The molecule has 0 bridgehead atoms. The Morgan fingerprint density at radius 3 is 2.50 bits per heavy atom. The monoisotopic (exact) mass is 352 g/mol. The van der Waals surface area contributed by atoms with Gasteiger partial charge in [0, 0.05) is 37.6 Å². The third kappa shape index (κ3) is 4.06. The molecule has 26 heavy (non-hydrogen) atoms. The molecule has 0 amide bonds. The molecule has 0 aliphatic carbocycles. The van der Waals surface area contributed by atoms with E-state index >= 15 is 0 Å². The molecule has 2 saturated heterocycles. The van der Waals surface area contributed by atoms with Crippen LogP contribution in [0.3, 0.4) is 0 Å². The normalized spacial score (nSPS) is 20.9. The van der Waals surface area contributed by atoms with E-state index < -0.39 is 0 Å². The summed E-state index contributed by atoms with van der Waals surface area (Å²) in [5.41, 5.74) is 2.34. The molecule has 2 aromatic rings. The summed E-state index contributed by atoms with van der Waals surface area (Å²) < 4.78 is 0. The molecule has 6 nitrogen and oxygen atoms in total. The first-order chi connectivity index (χ1) is 12.8. The molecular formula is C20H28N6. The van der Waals surface area contributed by atoms with Crippen LogP contribution in [0.25, 0.3) is 0 Å². The fourth-order valence-corrected chi connectivity index (χ4v) is 3.91. The van der Waals surface area contributed by atoms with Gasteiger partial charge in [0.15, 0.2) is 5.82 Å². The SMILES string of the molecule is CC1CCCN(c2nncc(Nc3ccc(N4CCCCC4)cc3)n2)C1. The van der Waals surface area contributed by atoms with Crippen molar-refractivity contribution in [1.29, 1.82) is 0 Å². The quantitative estimate of drug-likeness (QED) is 0.902. The van der Waals surface area contributed by atoms with Crippen LogP contribution in [0.2, 0.25) is 0 Å². The number of nitrogens with zero attached hydrogens (tertiary/aromatic N) is 5. The van der Waals surface area contributed by atoms with Crippen LogP contribution in [0.5, 0.6) is 0 Å². The Labute approximate surface area is 155 Å². The fourth-order valence-electron chi connectivity index (χ4n) is 3.91. The number of hydrogen-bond donors (Lipinski definition) is 1. The molecule has 1 aromatic carbocycles. The smallest absolute Gasteiger partial charge is 0.247 e. The van der Waals surface area contributed by atoms with Crippen LogP contribution in [0.15, 0.2) is 30.5 Å². The standard InChI is InChI=1S/C20H28N6/c1-16-6-5-13-26(15-16)20-23-19(14-21-24-20)22-17-7-9-18(10-8-17)25-11-3-2-4-12-25/h7-10,14,16H,2-6,11-13,15H2,1H3,(H,22,23,24). The maximum atomic E-state index is 4.67. The fraction of sp³-hybridized carbons (Fsp3) is 0.550. The average Bonchev–Trinajstić information content (AvgIpc) is 2.69. The van der Waals surface area contributed by atoms with Crippen LogP contribution in [0.4, 0.5) is 23.1 Å². The van der Waals surface area contributed by atoms with Crippen molar-refractivity contribution >= 4 is 23.1 Å². The van der Waals surface area contributed by atoms with E-state index in [2.05, 4.69) is 61.5 Å². The highest BCUT2D eigenvalue weighted by Crippen LogP contribution is 2.24. The highest BCUT2D eigenvalue weighted by molar-refractivity contribution is 5.61. The molecule has 138 valence electrons. The van der Waals surface area contributed by atoms with Gasteiger partial charge in [-0.1, -0.05) is 6.92 Å². The van der Waals surface area contributed by atoms with Gasteiger partial charge < -0.3 is 15.1 Å². The van der Waals surface area contributed by atoms with E-state index in [1.165, 1.54) is 50.9 Å². The zero-order chi connectivity index (χ0) is 17.8. The molecule has 1 aromatic heterocycles. The van der Waals surface area contributed by atoms with Crippen molar-refractivity contribution in [2.24, 2.45) is 5.92 Å². The van der Waals surface area contributed by atoms with E-state index in [4.69, 9.17) is 0 Å². The Kier molecular flexibility index (Phi) is 5.18. The Morgan fingerprint density at radius 1 is 0.962 bits per heavy atom. The first kappa shape index (κ1) is 17.1. The van der Waals surface area contributed by atoms with E-state index in [1.807, 2.05) is 0 Å². The Morgan fingerprint density at radius 2 is 1.73 bits per heavy atom. The predicted octanol–water partition coefficient (Wildman–Crippen LogP) is 3.84. The summed E-state index contributed by atoms with van der Waals surface area (Å²) >= 11 is 0. The minimum atomic E-state index is 0.686. The first-order valence-electron chi connectivity index (χ1n) is 9.85. The summed E-state index contributed by atoms with van der Waals surface area (Å²) in [5, 5.41) is 11.7. The highest BCUT2D eigenvalue weighted by Gasteiger charge is 2.19. The zero-order valence-electron chi connectivity index (χ0n) is 15.6. The maximum Gasteiger partial charge on any atom is 0.247 e. The molecule has 4 rings (SSSR count). The van der Waals surface area contributed by atoms with Crippen LogP contribution < -0.4 is 15.1 Å². The maximum absolute atomic E-state index is 4.67. The molecule has 1 N–H and O–H groups in total. The van der Waals surface area contributed by atoms with Gasteiger partial charge in [-0.15, -0.1) is 5.10 Å². The molecule has 6 heteroatoms. The lowest BCUT2D eigenvalue weighted by Crippen LogP contribution is -2.35. The van der Waals surface area contributed by atoms with Crippen LogP contribution in [-0.2, 0) is 0 Å². The third-order valence-corrected chi connectivity index (χ3v) is 5.35. The molecule has 0 radical (unpaired) electrons. The molecule has 3 heterocycles. The predicted molar refractivity (Wildman–Crippen MR) is 106 cm³/mol. The number of hydrogen-bond acceptors (Lipinski definition) is 6. The lowest BCUT2D eigenvalue weighted by Gasteiger charge is -2.30. The summed E-state index contributed by atoms with van der Waals surface area (Å²) in [6, 6.07) is 8.62. The minimum Gasteiger partial charge on any atom is -0.372 e. The second-order valence-corrected chi connectivity index (χ2v) is 7.55. The first-order valence-corrected chi connectivity index (χ1v) is 9.85. The second kappa shape index (κ2) is 7.89. The topological polar surface area (TPSA) is 57.2 Å². The van der Waals surface area contributed by atoms with E-state index in [9.17, 15) is 0 Å². The molecule has 1 unspecified atom stereocenters. The van der Waals surface area contributed by atoms with Gasteiger partial charge in [0.1, 0.15) is 0 Å². The summed E-state index contributed by atoms with van der Waals surface area (Å²) in [4.78, 5) is 9.38. The second-order valence-electron chi connectivity index (χ2n) is 7.55. The number of anilines is 4. The summed E-state index contributed by atoms with van der Waals surface area (Å²) in [5.74, 6) is 2.16. The van der Waals surface area contributed by atoms with Crippen LogP contribution in [-0.4, -0.2) is 41.4 Å². The molecule has 0 spiro atoms. The van der Waals surface area contributed by atoms with Gasteiger partial charge in [0.2, 0.25) is 5.95 Å². The van der Waals surface area contributed by atoms with Crippen molar-refractivity contribution in [3.63, 3.8) is 0 Å². The van der Waals surface area contributed by atoms with Gasteiger partial charge in [-0.05, 0) is 62.3 Å². The Balaban J connectivity index is 1.43.